The lowest BCUT2D eigenvalue weighted by Gasteiger charge is -2.08. The molecule has 6 heteroatoms. The molecule has 110 valence electrons. The van der Waals surface area contributed by atoms with Crippen molar-refractivity contribution >= 4 is 39.9 Å². The van der Waals surface area contributed by atoms with Gasteiger partial charge in [-0.1, -0.05) is 35.3 Å². The van der Waals surface area contributed by atoms with Gasteiger partial charge in [0.1, 0.15) is 16.9 Å². The smallest absolute Gasteiger partial charge is 0.349 e. The molecule has 0 unspecified atom stereocenters. The summed E-state index contributed by atoms with van der Waals surface area (Å²) in [5.74, 6) is -0.325. The molecule has 0 aliphatic heterocycles. The first-order chi connectivity index (χ1) is 10.5. The van der Waals surface area contributed by atoms with Crippen LogP contribution in [0.15, 0.2) is 51.7 Å². The number of halogens is 2. The van der Waals surface area contributed by atoms with Gasteiger partial charge < -0.3 is 9.52 Å². The Kier molecular flexibility index (Phi) is 3.64. The molecule has 1 heterocycles. The van der Waals surface area contributed by atoms with Gasteiger partial charge >= 0.3 is 5.63 Å². The second-order valence-corrected chi connectivity index (χ2v) is 5.51. The highest BCUT2D eigenvalue weighted by atomic mass is 35.5. The van der Waals surface area contributed by atoms with Crippen LogP contribution in [0.25, 0.3) is 11.0 Å². The zero-order valence-electron chi connectivity index (χ0n) is 11.1. The second-order valence-electron chi connectivity index (χ2n) is 4.64. The number of aromatic hydroxyl groups is 1. The molecule has 0 bridgehead atoms. The Hall–Kier alpha value is -2.30. The van der Waals surface area contributed by atoms with Crippen LogP contribution in [0.2, 0.25) is 10.0 Å². The summed E-state index contributed by atoms with van der Waals surface area (Å²) in [6.45, 7) is 0. The molecule has 0 saturated heterocycles. The number of fused-ring (bicyclic) bond motifs is 1. The average Bonchev–Trinajstić information content (AvgIpc) is 2.49. The van der Waals surface area contributed by atoms with Gasteiger partial charge in [-0.15, -0.1) is 0 Å². The first-order valence-corrected chi connectivity index (χ1v) is 7.03. The lowest BCUT2D eigenvalue weighted by atomic mass is 10.0. The van der Waals surface area contributed by atoms with E-state index in [1.807, 2.05) is 0 Å². The molecule has 3 rings (SSSR count). The van der Waals surface area contributed by atoms with Gasteiger partial charge in [0, 0.05) is 15.6 Å². The summed E-state index contributed by atoms with van der Waals surface area (Å²) in [6.07, 6.45) is 0. The van der Waals surface area contributed by atoms with E-state index in [1.165, 1.54) is 12.1 Å². The molecule has 0 spiro atoms. The van der Waals surface area contributed by atoms with Gasteiger partial charge in [-0.05, 0) is 30.3 Å². The summed E-state index contributed by atoms with van der Waals surface area (Å²) in [6, 6.07) is 10.9. The van der Waals surface area contributed by atoms with Crippen molar-refractivity contribution in [3.8, 4) is 5.75 Å². The Balaban J connectivity index is 2.24. The zero-order chi connectivity index (χ0) is 15.9. The summed E-state index contributed by atoms with van der Waals surface area (Å²) in [5.41, 5.74) is -0.498. The van der Waals surface area contributed by atoms with Crippen molar-refractivity contribution in [1.82, 2.24) is 0 Å². The zero-order valence-corrected chi connectivity index (χ0v) is 12.6. The minimum absolute atomic E-state index is 0.148. The molecule has 0 fully saturated rings. The lowest BCUT2D eigenvalue weighted by molar-refractivity contribution is 0.466. The van der Waals surface area contributed by atoms with Gasteiger partial charge in [0.15, 0.2) is 0 Å². The van der Waals surface area contributed by atoms with Crippen LogP contribution in [0.3, 0.4) is 0 Å². The summed E-state index contributed by atoms with van der Waals surface area (Å²) in [5, 5.41) is 19.7. The van der Waals surface area contributed by atoms with E-state index < -0.39 is 5.63 Å². The lowest BCUT2D eigenvalue weighted by Crippen LogP contribution is -2.15. The Morgan fingerprint density at radius 3 is 2.36 bits per heavy atom. The fourth-order valence-corrected chi connectivity index (χ4v) is 2.44. The largest absolute Gasteiger partial charge is 0.506 e. The third kappa shape index (κ3) is 2.47. The van der Waals surface area contributed by atoms with Crippen molar-refractivity contribution in [2.24, 2.45) is 0 Å². The molecule has 2 N–H and O–H groups in total. The molecule has 2 aromatic carbocycles. The maximum atomic E-state index is 12.1. The monoisotopic (exact) mass is 333 g/mol. The van der Waals surface area contributed by atoms with E-state index in [9.17, 15) is 9.90 Å². The third-order valence-electron chi connectivity index (χ3n) is 3.22. The number of benzene rings is 2. The van der Waals surface area contributed by atoms with Crippen molar-refractivity contribution < 1.29 is 9.52 Å². The summed E-state index contributed by atoms with van der Waals surface area (Å²) < 4.78 is 5.15. The van der Waals surface area contributed by atoms with Crippen molar-refractivity contribution in [3.63, 3.8) is 0 Å². The second kappa shape index (κ2) is 5.48. The normalized spacial score (nSPS) is 10.8. The van der Waals surface area contributed by atoms with Gasteiger partial charge in [0.2, 0.25) is 0 Å². The van der Waals surface area contributed by atoms with Crippen molar-refractivity contribution in [2.45, 2.75) is 0 Å². The Morgan fingerprint density at radius 1 is 1.05 bits per heavy atom. The highest BCUT2D eigenvalue weighted by Gasteiger charge is 2.19. The van der Waals surface area contributed by atoms with E-state index in [-0.39, 0.29) is 28.0 Å². The van der Waals surface area contributed by atoms with E-state index in [2.05, 4.69) is 0 Å². The van der Waals surface area contributed by atoms with Crippen molar-refractivity contribution in [3.05, 3.63) is 74.1 Å². The molecule has 4 nitrogen and oxygen atoms in total. The molecule has 22 heavy (non-hydrogen) atoms. The standard InChI is InChI=1S/C16H9Cl2NO3/c17-9-3-1-8(2-4-9)14(19)13-15(20)11-7-10(18)5-6-12(11)22-16(13)21/h1-7,19-20H. The highest BCUT2D eigenvalue weighted by molar-refractivity contribution is 6.31. The van der Waals surface area contributed by atoms with Crippen LogP contribution in [0.5, 0.6) is 5.75 Å². The summed E-state index contributed by atoms with van der Waals surface area (Å²) in [7, 11) is 0. The van der Waals surface area contributed by atoms with Crippen LogP contribution >= 0.6 is 23.2 Å². The van der Waals surface area contributed by atoms with Crippen LogP contribution in [0.4, 0.5) is 0 Å². The van der Waals surface area contributed by atoms with Gasteiger partial charge in [0.25, 0.3) is 0 Å². The number of hydrogen-bond donors (Lipinski definition) is 2. The SMILES string of the molecule is N=C(c1ccc(Cl)cc1)c1c(O)c2cc(Cl)ccc2oc1=O. The predicted octanol–water partition coefficient (Wildman–Crippen LogP) is 4.22. The summed E-state index contributed by atoms with van der Waals surface area (Å²) >= 11 is 11.7. The molecule has 0 saturated carbocycles. The molecule has 0 amide bonds. The first kappa shape index (κ1) is 14.6. The minimum atomic E-state index is -0.785. The molecule has 1 aromatic heterocycles. The molecular weight excluding hydrogens is 325 g/mol. The summed E-state index contributed by atoms with van der Waals surface area (Å²) in [4.78, 5) is 12.1. The Morgan fingerprint density at radius 2 is 1.68 bits per heavy atom. The Labute approximate surface area is 135 Å². The fraction of sp³-hybridized carbons (Fsp3) is 0. The van der Waals surface area contributed by atoms with Gasteiger partial charge in [0.05, 0.1) is 11.1 Å². The third-order valence-corrected chi connectivity index (χ3v) is 3.71. The maximum Gasteiger partial charge on any atom is 0.349 e. The van der Waals surface area contributed by atoms with E-state index in [0.717, 1.165) is 0 Å². The Bertz CT molecular complexity index is 946. The first-order valence-electron chi connectivity index (χ1n) is 6.27. The molecule has 3 aromatic rings. The van der Waals surface area contributed by atoms with Gasteiger partial charge in [-0.3, -0.25) is 5.41 Å². The molecular formula is C16H9Cl2NO3. The van der Waals surface area contributed by atoms with Crippen LogP contribution in [0, 0.1) is 5.41 Å². The van der Waals surface area contributed by atoms with Crippen molar-refractivity contribution in [1.29, 1.82) is 5.41 Å². The van der Waals surface area contributed by atoms with Crippen LogP contribution in [-0.4, -0.2) is 10.8 Å². The quantitative estimate of drug-likeness (QED) is 0.544. The number of nitrogens with one attached hydrogen (secondary N) is 1. The fourth-order valence-electron chi connectivity index (χ4n) is 2.14. The highest BCUT2D eigenvalue weighted by Crippen LogP contribution is 2.30. The molecule has 0 atom stereocenters. The predicted molar refractivity (Wildman–Crippen MR) is 86.5 cm³/mol. The molecule has 0 aliphatic carbocycles. The van der Waals surface area contributed by atoms with Gasteiger partial charge in [-0.2, -0.15) is 0 Å². The van der Waals surface area contributed by atoms with Crippen LogP contribution < -0.4 is 5.63 Å². The molecule has 0 radical (unpaired) electrons. The van der Waals surface area contributed by atoms with Gasteiger partial charge in [-0.25, -0.2) is 4.79 Å². The topological polar surface area (TPSA) is 74.3 Å². The number of rotatable bonds is 2. The van der Waals surface area contributed by atoms with E-state index >= 15 is 0 Å². The number of hydrogen-bond acceptors (Lipinski definition) is 4. The van der Waals surface area contributed by atoms with Crippen LogP contribution in [-0.2, 0) is 0 Å². The molecule has 0 aliphatic rings. The van der Waals surface area contributed by atoms with E-state index in [0.29, 0.717) is 15.6 Å². The maximum absolute atomic E-state index is 12.1. The van der Waals surface area contributed by atoms with E-state index in [1.54, 1.807) is 30.3 Å². The van der Waals surface area contributed by atoms with Crippen LogP contribution in [0.1, 0.15) is 11.1 Å². The average molecular weight is 334 g/mol. The minimum Gasteiger partial charge on any atom is -0.506 e. The van der Waals surface area contributed by atoms with E-state index in [4.69, 9.17) is 33.0 Å². The van der Waals surface area contributed by atoms with Crippen molar-refractivity contribution in [2.75, 3.05) is 0 Å².